The Morgan fingerprint density at radius 3 is 2.48 bits per heavy atom. The van der Waals surface area contributed by atoms with E-state index < -0.39 is 47.0 Å². The molecule has 2 saturated heterocycles. The average Bonchev–Trinajstić information content (AvgIpc) is 3.28. The van der Waals surface area contributed by atoms with Gasteiger partial charge in [-0.3, -0.25) is 24.5 Å². The third-order valence-corrected chi connectivity index (χ3v) is 6.60. The van der Waals surface area contributed by atoms with Crippen molar-refractivity contribution in [3.8, 4) is 0 Å². The van der Waals surface area contributed by atoms with Crippen LogP contribution < -0.4 is 10.2 Å². The molecule has 2 aliphatic rings. The van der Waals surface area contributed by atoms with E-state index in [1.54, 1.807) is 30.3 Å². The molecule has 2 aliphatic heterocycles. The van der Waals surface area contributed by atoms with E-state index in [1.807, 2.05) is 6.92 Å². The van der Waals surface area contributed by atoms with E-state index in [0.29, 0.717) is 12.0 Å². The summed E-state index contributed by atoms with van der Waals surface area (Å²) >= 11 is 0. The van der Waals surface area contributed by atoms with Crippen molar-refractivity contribution >= 4 is 29.3 Å². The summed E-state index contributed by atoms with van der Waals surface area (Å²) in [6.07, 6.45) is 0.753. The lowest BCUT2D eigenvalue weighted by molar-refractivity contribution is -0.152. The van der Waals surface area contributed by atoms with Gasteiger partial charge in [0.15, 0.2) is 5.78 Å². The van der Waals surface area contributed by atoms with Crippen molar-refractivity contribution in [3.63, 3.8) is 0 Å². The fourth-order valence-corrected chi connectivity index (χ4v) is 5.21. The van der Waals surface area contributed by atoms with Gasteiger partial charge in [0.2, 0.25) is 11.8 Å². The average molecular weight is 452 g/mol. The lowest BCUT2D eigenvalue weighted by atomic mass is 9.77. The maximum atomic E-state index is 14.8. The third-order valence-electron chi connectivity index (χ3n) is 6.60. The van der Waals surface area contributed by atoms with E-state index in [-0.39, 0.29) is 23.5 Å². The molecule has 4 rings (SSSR count). The van der Waals surface area contributed by atoms with Crippen LogP contribution in [0.4, 0.5) is 10.1 Å². The molecule has 0 aliphatic carbocycles. The zero-order chi connectivity index (χ0) is 23.9. The SMILES string of the molecule is CCC[C@]1(C(=O)OC)N[C@H](c2ccccc2F)[C@@H]2C(=O)N(c3cccc(C(C)=O)c3)C(=O)[C@@H]21. The Hall–Kier alpha value is -3.39. The lowest BCUT2D eigenvalue weighted by Gasteiger charge is -2.32. The summed E-state index contributed by atoms with van der Waals surface area (Å²) in [6.45, 7) is 3.25. The quantitative estimate of drug-likeness (QED) is 0.411. The fourth-order valence-electron chi connectivity index (χ4n) is 5.21. The highest BCUT2D eigenvalue weighted by Gasteiger charge is 2.68. The number of benzene rings is 2. The number of anilines is 1. The highest BCUT2D eigenvalue weighted by Crippen LogP contribution is 2.52. The summed E-state index contributed by atoms with van der Waals surface area (Å²) in [7, 11) is 1.22. The second-order valence-corrected chi connectivity index (χ2v) is 8.48. The Balaban J connectivity index is 1.88. The van der Waals surface area contributed by atoms with Crippen molar-refractivity contribution in [2.24, 2.45) is 11.8 Å². The number of methoxy groups -OCH3 is 1. The minimum Gasteiger partial charge on any atom is -0.468 e. The van der Waals surface area contributed by atoms with E-state index in [2.05, 4.69) is 5.32 Å². The van der Waals surface area contributed by atoms with Crippen molar-refractivity contribution in [1.29, 1.82) is 0 Å². The predicted molar refractivity (Wildman–Crippen MR) is 118 cm³/mol. The molecule has 2 heterocycles. The Kier molecular flexibility index (Phi) is 5.88. The minimum atomic E-state index is -1.49. The molecule has 2 amide bonds. The lowest BCUT2D eigenvalue weighted by Crippen LogP contribution is -2.56. The van der Waals surface area contributed by atoms with Gasteiger partial charge in [-0.15, -0.1) is 0 Å². The van der Waals surface area contributed by atoms with Crippen LogP contribution in [0, 0.1) is 17.7 Å². The Morgan fingerprint density at radius 2 is 1.85 bits per heavy atom. The van der Waals surface area contributed by atoms with E-state index in [9.17, 15) is 23.6 Å². The number of hydrogen-bond acceptors (Lipinski definition) is 6. The number of rotatable bonds is 6. The Bertz CT molecular complexity index is 1150. The van der Waals surface area contributed by atoms with Crippen molar-refractivity contribution in [3.05, 3.63) is 65.5 Å². The molecule has 172 valence electrons. The van der Waals surface area contributed by atoms with Crippen LogP contribution in [0.15, 0.2) is 48.5 Å². The van der Waals surface area contributed by atoms with Gasteiger partial charge in [0, 0.05) is 17.2 Å². The number of carbonyl (C=O) groups excluding carboxylic acids is 4. The van der Waals surface area contributed by atoms with Crippen LogP contribution in [-0.2, 0) is 19.1 Å². The Morgan fingerprint density at radius 1 is 1.12 bits per heavy atom. The minimum absolute atomic E-state index is 0.204. The fraction of sp³-hybridized carbons (Fsp3) is 0.360. The Labute approximate surface area is 190 Å². The third kappa shape index (κ3) is 3.45. The molecule has 8 heteroatoms. The number of Topliss-reactive ketones (excluding diaryl/α,β-unsaturated/α-hetero) is 1. The highest BCUT2D eigenvalue weighted by atomic mass is 19.1. The monoisotopic (exact) mass is 452 g/mol. The van der Waals surface area contributed by atoms with Crippen LogP contribution in [-0.4, -0.2) is 36.2 Å². The number of carbonyl (C=O) groups is 4. The zero-order valence-corrected chi connectivity index (χ0v) is 18.6. The van der Waals surface area contributed by atoms with Crippen molar-refractivity contribution in [2.75, 3.05) is 12.0 Å². The van der Waals surface area contributed by atoms with Gasteiger partial charge in [-0.1, -0.05) is 43.7 Å². The van der Waals surface area contributed by atoms with Crippen molar-refractivity contribution < 1.29 is 28.3 Å². The molecule has 33 heavy (non-hydrogen) atoms. The number of hydrogen-bond donors (Lipinski definition) is 1. The summed E-state index contributed by atoms with van der Waals surface area (Å²) in [6, 6.07) is 11.3. The molecule has 2 aromatic carbocycles. The molecular formula is C25H25FN2O5. The molecule has 2 aromatic rings. The number of halogens is 1. The van der Waals surface area contributed by atoms with Crippen LogP contribution in [0.1, 0.15) is 48.7 Å². The van der Waals surface area contributed by atoms with Crippen LogP contribution >= 0.6 is 0 Å². The smallest absolute Gasteiger partial charge is 0.326 e. The molecule has 0 bridgehead atoms. The summed E-state index contributed by atoms with van der Waals surface area (Å²) in [5, 5.41) is 3.14. The first-order chi connectivity index (χ1) is 15.8. The van der Waals surface area contributed by atoms with Crippen LogP contribution in [0.2, 0.25) is 0 Å². The number of amides is 2. The highest BCUT2D eigenvalue weighted by molar-refractivity contribution is 6.24. The molecular weight excluding hydrogens is 427 g/mol. The number of imide groups is 1. The summed E-state index contributed by atoms with van der Waals surface area (Å²) < 4.78 is 19.9. The molecule has 0 saturated carbocycles. The second-order valence-electron chi connectivity index (χ2n) is 8.48. The van der Waals surface area contributed by atoms with Gasteiger partial charge in [-0.25, -0.2) is 9.29 Å². The maximum absolute atomic E-state index is 14.8. The zero-order valence-electron chi connectivity index (χ0n) is 18.6. The summed E-state index contributed by atoms with van der Waals surface area (Å²) in [4.78, 5) is 53.4. The standard InChI is InChI=1S/C25H25FN2O5/c1-4-12-25(24(32)33-3)20-19(21(27-25)17-10-5-6-11-18(17)26)22(30)28(23(20)31)16-9-7-8-15(13-16)14(2)29/h5-11,13,19-21,27H,4,12H2,1-3H3/t19-,20-,21-,25+/m1/s1. The predicted octanol–water partition coefficient (Wildman–Crippen LogP) is 3.19. The van der Waals surface area contributed by atoms with Crippen molar-refractivity contribution in [1.82, 2.24) is 5.32 Å². The van der Waals surface area contributed by atoms with Gasteiger partial charge in [-0.2, -0.15) is 0 Å². The van der Waals surface area contributed by atoms with E-state index in [0.717, 1.165) is 4.90 Å². The van der Waals surface area contributed by atoms with Crippen LogP contribution in [0.5, 0.6) is 0 Å². The number of ketones is 1. The molecule has 0 aromatic heterocycles. The van der Waals surface area contributed by atoms with Crippen LogP contribution in [0.3, 0.4) is 0 Å². The second kappa shape index (κ2) is 8.51. The van der Waals surface area contributed by atoms with Gasteiger partial charge in [0.25, 0.3) is 0 Å². The van der Waals surface area contributed by atoms with Crippen molar-refractivity contribution in [2.45, 2.75) is 38.3 Å². The normalized spacial score (nSPS) is 26.4. The molecule has 0 spiro atoms. The van der Waals surface area contributed by atoms with Gasteiger partial charge >= 0.3 is 5.97 Å². The molecule has 7 nitrogen and oxygen atoms in total. The van der Waals surface area contributed by atoms with E-state index in [1.165, 1.54) is 32.2 Å². The number of nitrogens with one attached hydrogen (secondary N) is 1. The first-order valence-electron chi connectivity index (χ1n) is 10.9. The summed E-state index contributed by atoms with van der Waals surface area (Å²) in [5.41, 5.74) is -0.688. The largest absolute Gasteiger partial charge is 0.468 e. The van der Waals surface area contributed by atoms with E-state index >= 15 is 0 Å². The van der Waals surface area contributed by atoms with Gasteiger partial charge < -0.3 is 4.74 Å². The molecule has 0 radical (unpaired) electrons. The topological polar surface area (TPSA) is 92.8 Å². The van der Waals surface area contributed by atoms with Crippen LogP contribution in [0.25, 0.3) is 0 Å². The molecule has 4 atom stereocenters. The number of esters is 1. The molecule has 1 N–H and O–H groups in total. The maximum Gasteiger partial charge on any atom is 0.326 e. The first kappa shape index (κ1) is 22.8. The first-order valence-corrected chi connectivity index (χ1v) is 10.9. The molecule has 0 unspecified atom stereocenters. The number of nitrogens with zero attached hydrogens (tertiary/aromatic N) is 1. The molecule has 2 fully saturated rings. The number of fused-ring (bicyclic) bond motifs is 1. The number of ether oxygens (including phenoxy) is 1. The van der Waals surface area contributed by atoms with Gasteiger partial charge in [0.1, 0.15) is 11.4 Å². The van der Waals surface area contributed by atoms with Gasteiger partial charge in [0.05, 0.1) is 24.6 Å². The van der Waals surface area contributed by atoms with Gasteiger partial charge in [-0.05, 0) is 31.5 Å². The van der Waals surface area contributed by atoms with E-state index in [4.69, 9.17) is 4.74 Å². The summed E-state index contributed by atoms with van der Waals surface area (Å²) in [5.74, 6) is -4.63.